The van der Waals surface area contributed by atoms with E-state index in [2.05, 4.69) is 0 Å². The van der Waals surface area contributed by atoms with Crippen molar-refractivity contribution in [3.8, 4) is 23.0 Å². The summed E-state index contributed by atoms with van der Waals surface area (Å²) in [7, 11) is 0. The predicted molar refractivity (Wildman–Crippen MR) is 108 cm³/mol. The average molecular weight is 428 g/mol. The smallest absolute Gasteiger partial charge is 0.347 e. The van der Waals surface area contributed by atoms with Gasteiger partial charge in [-0.05, 0) is 51.3 Å². The predicted octanol–water partition coefficient (Wildman–Crippen LogP) is 7.03. The largest absolute Gasteiger partial charge is 0.505 e. The highest BCUT2D eigenvalue weighted by Crippen LogP contribution is 2.53. The fraction of sp³-hybridized carbons (Fsp3) is 0.250. The van der Waals surface area contributed by atoms with E-state index in [0.29, 0.717) is 21.7 Å². The molecule has 1 aliphatic rings. The molecule has 0 saturated heterocycles. The Kier molecular flexibility index (Phi) is 5.10. The number of phenols is 1. The first-order valence-electron chi connectivity index (χ1n) is 8.18. The van der Waals surface area contributed by atoms with Crippen molar-refractivity contribution >= 4 is 46.3 Å². The number of ether oxygens (including phenoxy) is 2. The summed E-state index contributed by atoms with van der Waals surface area (Å²) in [5, 5.41) is 10.5. The Morgan fingerprint density at radius 1 is 0.889 bits per heavy atom. The molecule has 0 spiro atoms. The lowest BCUT2D eigenvalue weighted by Gasteiger charge is -2.19. The zero-order chi connectivity index (χ0) is 20.2. The highest BCUT2D eigenvalue weighted by atomic mass is 35.5. The maximum atomic E-state index is 12.9. The van der Waals surface area contributed by atoms with Gasteiger partial charge in [0.25, 0.3) is 0 Å². The van der Waals surface area contributed by atoms with Gasteiger partial charge in [0, 0.05) is 11.1 Å². The summed E-state index contributed by atoms with van der Waals surface area (Å²) in [6, 6.07) is 0. The molecule has 2 aromatic carbocycles. The highest BCUT2D eigenvalue weighted by Gasteiger charge is 2.34. The molecule has 1 heterocycles. The number of rotatable bonds is 1. The minimum Gasteiger partial charge on any atom is -0.505 e. The number of esters is 1. The molecule has 1 N–H and O–H groups in total. The van der Waals surface area contributed by atoms with Crippen molar-refractivity contribution in [2.24, 2.45) is 0 Å². The molecule has 0 fully saturated rings. The van der Waals surface area contributed by atoms with E-state index in [1.54, 1.807) is 13.8 Å². The second kappa shape index (κ2) is 6.93. The molecule has 7 heteroatoms. The third kappa shape index (κ3) is 2.87. The number of allylic oxidation sites excluding steroid dienone is 2. The molecule has 3 rings (SSSR count). The normalized spacial score (nSPS) is 13.5. The minimum absolute atomic E-state index is 0.00992. The van der Waals surface area contributed by atoms with Crippen LogP contribution in [0, 0.1) is 20.8 Å². The quantitative estimate of drug-likeness (QED) is 0.392. The maximum Gasteiger partial charge on any atom is 0.347 e. The lowest BCUT2D eigenvalue weighted by Crippen LogP contribution is -2.11. The summed E-state index contributed by atoms with van der Waals surface area (Å²) in [6.07, 6.45) is 1.87. The van der Waals surface area contributed by atoms with E-state index in [1.807, 2.05) is 26.8 Å². The van der Waals surface area contributed by atoms with Gasteiger partial charge in [-0.2, -0.15) is 0 Å². The summed E-state index contributed by atoms with van der Waals surface area (Å²) in [6.45, 7) is 8.96. The molecule has 0 bridgehead atoms. The van der Waals surface area contributed by atoms with Crippen molar-refractivity contribution in [2.45, 2.75) is 34.6 Å². The zero-order valence-electron chi connectivity index (χ0n) is 15.4. The monoisotopic (exact) mass is 426 g/mol. The number of hydrogen-bond acceptors (Lipinski definition) is 4. The summed E-state index contributed by atoms with van der Waals surface area (Å²) in [5.41, 5.74) is 3.27. The molecule has 4 nitrogen and oxygen atoms in total. The third-order valence-electron chi connectivity index (χ3n) is 4.86. The Morgan fingerprint density at radius 3 is 2.11 bits per heavy atom. The van der Waals surface area contributed by atoms with Crippen LogP contribution in [0.2, 0.25) is 15.1 Å². The van der Waals surface area contributed by atoms with Gasteiger partial charge < -0.3 is 14.6 Å². The minimum atomic E-state index is -0.668. The average Bonchev–Trinajstić information content (AvgIpc) is 2.79. The summed E-state index contributed by atoms with van der Waals surface area (Å²) in [5.74, 6) is -0.498. The Labute approximate surface area is 172 Å². The Morgan fingerprint density at radius 2 is 1.52 bits per heavy atom. The van der Waals surface area contributed by atoms with Gasteiger partial charge in [-0.25, -0.2) is 4.79 Å². The fourth-order valence-corrected chi connectivity index (χ4v) is 3.82. The first-order valence-corrected chi connectivity index (χ1v) is 9.31. The molecule has 0 aliphatic carbocycles. The number of aromatic hydroxyl groups is 1. The van der Waals surface area contributed by atoms with Gasteiger partial charge in [0.1, 0.15) is 10.6 Å². The molecule has 2 aromatic rings. The number of carbonyl (C=O) groups excluding carboxylic acids is 1. The third-order valence-corrected chi connectivity index (χ3v) is 6.15. The van der Waals surface area contributed by atoms with E-state index in [-0.39, 0.29) is 38.6 Å². The molecule has 0 saturated carbocycles. The van der Waals surface area contributed by atoms with Crippen LogP contribution >= 0.6 is 34.8 Å². The van der Waals surface area contributed by atoms with Crippen molar-refractivity contribution in [3.63, 3.8) is 0 Å². The van der Waals surface area contributed by atoms with Crippen LogP contribution in [0.5, 0.6) is 23.0 Å². The van der Waals surface area contributed by atoms with Crippen molar-refractivity contribution in [3.05, 3.63) is 49.0 Å². The lowest BCUT2D eigenvalue weighted by molar-refractivity contribution is 0.0735. The molecule has 1 aliphatic heterocycles. The van der Waals surface area contributed by atoms with Crippen LogP contribution in [0.25, 0.3) is 5.57 Å². The van der Waals surface area contributed by atoms with E-state index >= 15 is 0 Å². The Balaban J connectivity index is 2.45. The lowest BCUT2D eigenvalue weighted by atomic mass is 9.98. The van der Waals surface area contributed by atoms with Gasteiger partial charge in [0.15, 0.2) is 23.0 Å². The number of phenolic OH excluding ortho intramolecular Hbond substituents is 1. The van der Waals surface area contributed by atoms with E-state index in [4.69, 9.17) is 44.3 Å². The topological polar surface area (TPSA) is 55.8 Å². The SMILES string of the molecule is C/C=C(\C)c1c(Cl)c(C)c(C)c2c1Oc1c(Cl)c(O)c(Cl)c(C)c1C(=O)O2. The van der Waals surface area contributed by atoms with Gasteiger partial charge in [0.05, 0.1) is 10.0 Å². The summed E-state index contributed by atoms with van der Waals surface area (Å²) < 4.78 is 11.7. The molecule has 27 heavy (non-hydrogen) atoms. The molecule has 0 amide bonds. The van der Waals surface area contributed by atoms with Crippen LogP contribution in [-0.2, 0) is 0 Å². The van der Waals surface area contributed by atoms with Crippen molar-refractivity contribution in [2.75, 3.05) is 0 Å². The molecule has 142 valence electrons. The van der Waals surface area contributed by atoms with E-state index < -0.39 is 5.97 Å². The number of hydrogen-bond donors (Lipinski definition) is 1. The maximum absolute atomic E-state index is 12.9. The van der Waals surface area contributed by atoms with Gasteiger partial charge in [-0.3, -0.25) is 0 Å². The Hall–Kier alpha value is -1.88. The number of benzene rings is 2. The van der Waals surface area contributed by atoms with Crippen molar-refractivity contribution in [1.82, 2.24) is 0 Å². The number of fused-ring (bicyclic) bond motifs is 2. The van der Waals surface area contributed by atoms with Crippen LogP contribution < -0.4 is 9.47 Å². The first-order chi connectivity index (χ1) is 12.6. The summed E-state index contributed by atoms with van der Waals surface area (Å²) >= 11 is 19.0. The molecule has 0 radical (unpaired) electrons. The number of carbonyl (C=O) groups is 1. The van der Waals surface area contributed by atoms with Crippen LogP contribution in [0.4, 0.5) is 0 Å². The van der Waals surface area contributed by atoms with Gasteiger partial charge in [-0.1, -0.05) is 40.9 Å². The molecule has 0 unspecified atom stereocenters. The van der Waals surface area contributed by atoms with Crippen LogP contribution in [-0.4, -0.2) is 11.1 Å². The summed E-state index contributed by atoms with van der Waals surface area (Å²) in [4.78, 5) is 12.9. The van der Waals surface area contributed by atoms with Gasteiger partial charge in [-0.15, -0.1) is 0 Å². The highest BCUT2D eigenvalue weighted by molar-refractivity contribution is 6.39. The van der Waals surface area contributed by atoms with Crippen LogP contribution in [0.15, 0.2) is 6.08 Å². The van der Waals surface area contributed by atoms with E-state index in [9.17, 15) is 9.90 Å². The standard InChI is InChI=1S/C20H17Cl3O4/c1-6-7(2)11-13(21)8(3)9(4)17-19(11)26-18-12(20(25)27-17)10(5)14(22)16(24)15(18)23/h6,24H,1-5H3/b7-6+. The van der Waals surface area contributed by atoms with E-state index in [0.717, 1.165) is 11.1 Å². The van der Waals surface area contributed by atoms with Gasteiger partial charge in [0.2, 0.25) is 0 Å². The first kappa shape index (κ1) is 19.9. The van der Waals surface area contributed by atoms with Crippen molar-refractivity contribution in [1.29, 1.82) is 0 Å². The Bertz CT molecular complexity index is 1040. The second-order valence-corrected chi connectivity index (χ2v) is 7.50. The molecular formula is C20H17Cl3O4. The van der Waals surface area contributed by atoms with Crippen LogP contribution in [0.1, 0.15) is 46.5 Å². The van der Waals surface area contributed by atoms with Crippen LogP contribution in [0.3, 0.4) is 0 Å². The fourth-order valence-electron chi connectivity index (χ4n) is 2.98. The van der Waals surface area contributed by atoms with Gasteiger partial charge >= 0.3 is 5.97 Å². The molecule has 0 atom stereocenters. The second-order valence-electron chi connectivity index (χ2n) is 6.37. The number of halogens is 3. The van der Waals surface area contributed by atoms with Crippen molar-refractivity contribution < 1.29 is 19.4 Å². The zero-order valence-corrected chi connectivity index (χ0v) is 17.7. The molecular weight excluding hydrogens is 411 g/mol. The van der Waals surface area contributed by atoms with E-state index in [1.165, 1.54) is 0 Å². The molecule has 0 aromatic heterocycles.